The lowest BCUT2D eigenvalue weighted by atomic mass is 10.3. The summed E-state index contributed by atoms with van der Waals surface area (Å²) in [4.78, 5) is 21.4. The second kappa shape index (κ2) is 7.54. The van der Waals surface area contributed by atoms with Crippen molar-refractivity contribution in [3.05, 3.63) is 0 Å². The molecule has 0 saturated heterocycles. The van der Waals surface area contributed by atoms with Crippen molar-refractivity contribution in [2.24, 2.45) is 0 Å². The van der Waals surface area contributed by atoms with Crippen LogP contribution in [0.3, 0.4) is 0 Å². The molecule has 0 aliphatic rings. The fourth-order valence-electron chi connectivity index (χ4n) is 1.04. The fraction of sp³-hybridized carbons (Fsp3) is 0.778. The molecule has 100 valence electrons. The van der Waals surface area contributed by atoms with Crippen molar-refractivity contribution < 1.29 is 23.1 Å². The van der Waals surface area contributed by atoms with E-state index < -0.39 is 27.8 Å². The molecule has 0 rings (SSSR count). The van der Waals surface area contributed by atoms with Crippen LogP contribution in [0.25, 0.3) is 0 Å². The van der Waals surface area contributed by atoms with Gasteiger partial charge in [0.1, 0.15) is 15.9 Å². The average molecular weight is 283 g/mol. The van der Waals surface area contributed by atoms with Crippen LogP contribution in [0.2, 0.25) is 0 Å². The molecule has 2 N–H and O–H groups in total. The first-order chi connectivity index (χ1) is 7.72. The highest BCUT2D eigenvalue weighted by molar-refractivity contribution is 7.99. The zero-order valence-corrected chi connectivity index (χ0v) is 11.4. The first-order valence-corrected chi connectivity index (χ1v) is 8.19. The van der Waals surface area contributed by atoms with Gasteiger partial charge in [0.25, 0.3) is 0 Å². The predicted octanol–water partition coefficient (Wildman–Crippen LogP) is -0.256. The molecule has 0 radical (unpaired) electrons. The summed E-state index contributed by atoms with van der Waals surface area (Å²) in [5, 5.41) is 11.1. The van der Waals surface area contributed by atoms with Crippen LogP contribution in [-0.2, 0) is 19.4 Å². The van der Waals surface area contributed by atoms with Crippen LogP contribution in [-0.4, -0.2) is 55.0 Å². The first-order valence-electron chi connectivity index (χ1n) is 4.98. The maximum atomic E-state index is 10.8. The van der Waals surface area contributed by atoms with E-state index in [1.807, 2.05) is 0 Å². The van der Waals surface area contributed by atoms with E-state index in [1.54, 1.807) is 0 Å². The molecule has 0 spiro atoms. The molecule has 0 aromatic rings. The number of aliphatic carboxylic acids is 1. The number of amides is 1. The Morgan fingerprint density at radius 1 is 1.41 bits per heavy atom. The van der Waals surface area contributed by atoms with Crippen LogP contribution in [0.5, 0.6) is 0 Å². The van der Waals surface area contributed by atoms with Crippen LogP contribution in [0, 0.1) is 0 Å². The predicted molar refractivity (Wildman–Crippen MR) is 66.9 cm³/mol. The molecule has 0 aliphatic heterocycles. The van der Waals surface area contributed by atoms with Crippen molar-refractivity contribution in [3.63, 3.8) is 0 Å². The summed E-state index contributed by atoms with van der Waals surface area (Å²) in [5.41, 5.74) is 0. The van der Waals surface area contributed by atoms with E-state index in [1.165, 1.54) is 18.7 Å². The molecule has 0 unspecified atom stereocenters. The number of carbonyl (C=O) groups excluding carboxylic acids is 1. The molecule has 17 heavy (non-hydrogen) atoms. The van der Waals surface area contributed by atoms with Gasteiger partial charge in [0.15, 0.2) is 0 Å². The molecule has 1 atom stereocenters. The number of carbonyl (C=O) groups is 2. The Morgan fingerprint density at radius 3 is 2.41 bits per heavy atom. The minimum absolute atomic E-state index is 0.0951. The number of carboxylic acid groups (broad SMARTS) is 1. The summed E-state index contributed by atoms with van der Waals surface area (Å²) in [7, 11) is -2.96. The Balaban J connectivity index is 3.83. The number of nitrogens with one attached hydrogen (secondary N) is 1. The van der Waals surface area contributed by atoms with Crippen LogP contribution in [0.4, 0.5) is 0 Å². The number of hydrogen-bond donors (Lipinski definition) is 2. The molecule has 0 fully saturated rings. The number of thioether (sulfide) groups is 1. The van der Waals surface area contributed by atoms with Crippen LogP contribution >= 0.6 is 11.8 Å². The van der Waals surface area contributed by atoms with Crippen molar-refractivity contribution in [3.8, 4) is 0 Å². The monoisotopic (exact) mass is 283 g/mol. The molecule has 6 nitrogen and oxygen atoms in total. The highest BCUT2D eigenvalue weighted by Gasteiger charge is 2.17. The van der Waals surface area contributed by atoms with Gasteiger partial charge in [0.2, 0.25) is 5.91 Å². The van der Waals surface area contributed by atoms with Gasteiger partial charge in [0.05, 0.1) is 5.75 Å². The summed E-state index contributed by atoms with van der Waals surface area (Å²) in [6.07, 6.45) is 1.64. The first kappa shape index (κ1) is 16.2. The van der Waals surface area contributed by atoms with E-state index in [-0.39, 0.29) is 11.5 Å². The smallest absolute Gasteiger partial charge is 0.327 e. The number of hydrogen-bond acceptors (Lipinski definition) is 5. The van der Waals surface area contributed by atoms with Gasteiger partial charge in [-0.15, -0.1) is 0 Å². The quantitative estimate of drug-likeness (QED) is 0.595. The molecule has 0 aromatic heterocycles. The number of carboxylic acids is 1. The summed E-state index contributed by atoms with van der Waals surface area (Å²) in [5.74, 6) is -0.600. The minimum Gasteiger partial charge on any atom is -0.480 e. The Labute approximate surface area is 105 Å². The van der Waals surface area contributed by atoms with Gasteiger partial charge in [-0.25, -0.2) is 13.2 Å². The lowest BCUT2D eigenvalue weighted by Gasteiger charge is -2.12. The van der Waals surface area contributed by atoms with Crippen molar-refractivity contribution in [1.82, 2.24) is 5.32 Å². The number of rotatable bonds is 8. The Morgan fingerprint density at radius 2 is 2.00 bits per heavy atom. The zero-order chi connectivity index (χ0) is 13.5. The van der Waals surface area contributed by atoms with E-state index in [0.29, 0.717) is 12.2 Å². The van der Waals surface area contributed by atoms with Crippen LogP contribution < -0.4 is 5.32 Å². The van der Waals surface area contributed by atoms with Gasteiger partial charge < -0.3 is 10.4 Å². The third kappa shape index (κ3) is 10.1. The summed E-state index contributed by atoms with van der Waals surface area (Å²) >= 11 is 1.31. The topological polar surface area (TPSA) is 101 Å². The third-order valence-corrected chi connectivity index (χ3v) is 3.94. The maximum absolute atomic E-state index is 10.8. The third-order valence-electron chi connectivity index (χ3n) is 1.76. The molecule has 0 heterocycles. The number of sulfone groups is 1. The molecular formula is C9H17NO5S2. The SMILES string of the molecule is CC(=O)N[C@@H](CSCCCS(C)(=O)=O)C(=O)O. The standard InChI is InChI=1S/C9H17NO5S2/c1-7(11)10-8(9(12)13)6-16-4-3-5-17(2,14)15/h8H,3-6H2,1-2H3,(H,10,11)(H,12,13)/t8-/m0/s1. The molecule has 0 aromatic carbocycles. The lowest BCUT2D eigenvalue weighted by molar-refractivity contribution is -0.140. The summed E-state index contributed by atoms with van der Waals surface area (Å²) < 4.78 is 21.6. The second-order valence-corrected chi connectivity index (χ2v) is 7.06. The van der Waals surface area contributed by atoms with Crippen LogP contribution in [0.1, 0.15) is 13.3 Å². The van der Waals surface area contributed by atoms with E-state index >= 15 is 0 Å². The minimum atomic E-state index is -2.96. The molecular weight excluding hydrogens is 266 g/mol. The van der Waals surface area contributed by atoms with Gasteiger partial charge in [-0.1, -0.05) is 0 Å². The van der Waals surface area contributed by atoms with Gasteiger partial charge in [-0.3, -0.25) is 4.79 Å². The van der Waals surface area contributed by atoms with Crippen molar-refractivity contribution in [1.29, 1.82) is 0 Å². The second-order valence-electron chi connectivity index (χ2n) is 3.65. The van der Waals surface area contributed by atoms with Crippen LogP contribution in [0.15, 0.2) is 0 Å². The van der Waals surface area contributed by atoms with Gasteiger partial charge in [-0.05, 0) is 12.2 Å². The molecule has 8 heteroatoms. The maximum Gasteiger partial charge on any atom is 0.327 e. The fourth-order valence-corrected chi connectivity index (χ4v) is 2.87. The Kier molecular flexibility index (Phi) is 7.21. The van der Waals surface area contributed by atoms with Crippen molar-refractivity contribution in [2.45, 2.75) is 19.4 Å². The largest absolute Gasteiger partial charge is 0.480 e. The molecule has 0 bridgehead atoms. The highest BCUT2D eigenvalue weighted by atomic mass is 32.2. The Hall–Kier alpha value is -0.760. The van der Waals surface area contributed by atoms with E-state index in [2.05, 4.69) is 5.32 Å². The van der Waals surface area contributed by atoms with Gasteiger partial charge in [0, 0.05) is 18.9 Å². The van der Waals surface area contributed by atoms with E-state index in [4.69, 9.17) is 5.11 Å². The average Bonchev–Trinajstić information content (AvgIpc) is 2.12. The highest BCUT2D eigenvalue weighted by Crippen LogP contribution is 2.06. The van der Waals surface area contributed by atoms with E-state index in [0.717, 1.165) is 6.26 Å². The normalized spacial score (nSPS) is 13.1. The summed E-state index contributed by atoms with van der Waals surface area (Å²) in [6, 6.07) is -0.921. The molecule has 0 aliphatic carbocycles. The van der Waals surface area contributed by atoms with Crippen molar-refractivity contribution in [2.75, 3.05) is 23.5 Å². The lowest BCUT2D eigenvalue weighted by Crippen LogP contribution is -2.41. The summed E-state index contributed by atoms with van der Waals surface area (Å²) in [6.45, 7) is 1.25. The molecule has 1 amide bonds. The van der Waals surface area contributed by atoms with E-state index in [9.17, 15) is 18.0 Å². The van der Waals surface area contributed by atoms with Gasteiger partial charge >= 0.3 is 5.97 Å². The van der Waals surface area contributed by atoms with Crippen molar-refractivity contribution >= 4 is 33.5 Å². The zero-order valence-electron chi connectivity index (χ0n) is 9.80. The Bertz CT molecular complexity index is 366. The molecule has 0 saturated carbocycles. The van der Waals surface area contributed by atoms with Gasteiger partial charge in [-0.2, -0.15) is 11.8 Å².